The van der Waals surface area contributed by atoms with E-state index >= 15 is 0 Å². The van der Waals surface area contributed by atoms with Gasteiger partial charge in [0.2, 0.25) is 5.88 Å². The molecule has 0 radical (unpaired) electrons. The first kappa shape index (κ1) is 17.6. The number of methoxy groups -OCH3 is 1. The molecule has 27 heavy (non-hydrogen) atoms. The fourth-order valence-corrected chi connectivity index (χ4v) is 3.77. The standard InChI is InChI=1S/C20H24N4O3/c1-12-8-15-16(10-22-20(15)25)23-19(12)24-7-6-17(13(2)11-24)27-14-4-5-18(26-3)21-9-14/h4-5,8-9,13,17H,6-7,10-11H2,1-3H3,(H,22,25)/t13-,17-/m1/s1. The van der Waals surface area contributed by atoms with E-state index in [1.54, 1.807) is 13.3 Å². The maximum absolute atomic E-state index is 11.8. The van der Waals surface area contributed by atoms with E-state index < -0.39 is 0 Å². The number of nitrogens with one attached hydrogen (secondary N) is 1. The van der Waals surface area contributed by atoms with Crippen LogP contribution in [-0.4, -0.2) is 42.2 Å². The molecule has 0 aromatic carbocycles. The van der Waals surface area contributed by atoms with E-state index in [1.165, 1.54) is 0 Å². The first-order chi connectivity index (χ1) is 13.0. The quantitative estimate of drug-likeness (QED) is 0.893. The Morgan fingerprint density at radius 1 is 1.33 bits per heavy atom. The first-order valence-corrected chi connectivity index (χ1v) is 9.25. The number of carbonyl (C=O) groups excluding carboxylic acids is 1. The second-order valence-electron chi connectivity index (χ2n) is 7.21. The summed E-state index contributed by atoms with van der Waals surface area (Å²) in [4.78, 5) is 23.1. The lowest BCUT2D eigenvalue weighted by molar-refractivity contribution is 0.0965. The number of amides is 1. The highest BCUT2D eigenvalue weighted by atomic mass is 16.5. The highest BCUT2D eigenvalue weighted by Gasteiger charge is 2.30. The van der Waals surface area contributed by atoms with E-state index in [9.17, 15) is 4.79 Å². The van der Waals surface area contributed by atoms with Crippen molar-refractivity contribution in [2.75, 3.05) is 25.1 Å². The minimum Gasteiger partial charge on any atom is -0.488 e. The summed E-state index contributed by atoms with van der Waals surface area (Å²) in [5.41, 5.74) is 2.59. The number of aryl methyl sites for hydroxylation is 1. The van der Waals surface area contributed by atoms with Crippen LogP contribution in [0.25, 0.3) is 0 Å². The Kier molecular flexibility index (Phi) is 4.59. The summed E-state index contributed by atoms with van der Waals surface area (Å²) in [6.07, 6.45) is 2.74. The lowest BCUT2D eigenvalue weighted by Crippen LogP contribution is -2.45. The minimum atomic E-state index is -0.0271. The van der Waals surface area contributed by atoms with Crippen molar-refractivity contribution in [1.29, 1.82) is 0 Å². The van der Waals surface area contributed by atoms with Gasteiger partial charge in [0.05, 0.1) is 31.1 Å². The molecule has 4 rings (SSSR count). The van der Waals surface area contributed by atoms with Crippen LogP contribution in [0.3, 0.4) is 0 Å². The van der Waals surface area contributed by atoms with Crippen molar-refractivity contribution in [1.82, 2.24) is 15.3 Å². The third kappa shape index (κ3) is 3.41. The zero-order valence-corrected chi connectivity index (χ0v) is 15.9. The number of pyridine rings is 2. The molecule has 1 N–H and O–H groups in total. The fraction of sp³-hybridized carbons (Fsp3) is 0.450. The number of nitrogens with zero attached hydrogens (tertiary/aromatic N) is 3. The third-order valence-electron chi connectivity index (χ3n) is 5.26. The van der Waals surface area contributed by atoms with Gasteiger partial charge in [-0.25, -0.2) is 9.97 Å². The number of anilines is 1. The van der Waals surface area contributed by atoms with Crippen LogP contribution in [0.15, 0.2) is 24.4 Å². The number of hydrogen-bond acceptors (Lipinski definition) is 6. The lowest BCUT2D eigenvalue weighted by Gasteiger charge is -2.38. The van der Waals surface area contributed by atoms with Gasteiger partial charge in [0.25, 0.3) is 5.91 Å². The number of aromatic nitrogens is 2. The zero-order chi connectivity index (χ0) is 19.0. The monoisotopic (exact) mass is 368 g/mol. The molecule has 4 heterocycles. The number of rotatable bonds is 4. The Balaban J connectivity index is 1.45. The fourth-order valence-electron chi connectivity index (χ4n) is 3.77. The van der Waals surface area contributed by atoms with Gasteiger partial charge in [0.1, 0.15) is 17.7 Å². The third-order valence-corrected chi connectivity index (χ3v) is 5.26. The van der Waals surface area contributed by atoms with Crippen LogP contribution < -0.4 is 19.7 Å². The van der Waals surface area contributed by atoms with Gasteiger partial charge in [-0.3, -0.25) is 4.79 Å². The summed E-state index contributed by atoms with van der Waals surface area (Å²) in [6.45, 7) is 6.46. The van der Waals surface area contributed by atoms with E-state index in [-0.39, 0.29) is 12.0 Å². The van der Waals surface area contributed by atoms with Crippen LogP contribution in [0.4, 0.5) is 5.82 Å². The molecule has 2 aliphatic rings. The van der Waals surface area contributed by atoms with Crippen molar-refractivity contribution in [3.63, 3.8) is 0 Å². The number of carbonyl (C=O) groups is 1. The molecule has 0 bridgehead atoms. The molecule has 1 amide bonds. The van der Waals surface area contributed by atoms with Crippen molar-refractivity contribution in [3.05, 3.63) is 41.2 Å². The van der Waals surface area contributed by atoms with E-state index in [1.807, 2.05) is 25.1 Å². The van der Waals surface area contributed by atoms with E-state index in [4.69, 9.17) is 14.5 Å². The molecule has 2 aromatic heterocycles. The second kappa shape index (κ2) is 7.06. The minimum absolute atomic E-state index is 0.0271. The SMILES string of the molecule is COc1ccc(O[C@@H]2CCN(c3nc4c(cc3C)C(=O)NC4)C[C@H]2C)cn1. The van der Waals surface area contributed by atoms with Gasteiger partial charge in [0.15, 0.2) is 0 Å². The Morgan fingerprint density at radius 3 is 2.89 bits per heavy atom. The molecule has 7 heteroatoms. The van der Waals surface area contributed by atoms with Gasteiger partial charge in [0, 0.05) is 31.5 Å². The molecule has 7 nitrogen and oxygen atoms in total. The predicted molar refractivity (Wildman–Crippen MR) is 101 cm³/mol. The summed E-state index contributed by atoms with van der Waals surface area (Å²) in [6, 6.07) is 5.65. The Hall–Kier alpha value is -2.83. The van der Waals surface area contributed by atoms with E-state index in [2.05, 4.69) is 22.1 Å². The van der Waals surface area contributed by atoms with Gasteiger partial charge in [-0.05, 0) is 24.6 Å². The second-order valence-corrected chi connectivity index (χ2v) is 7.21. The van der Waals surface area contributed by atoms with E-state index in [0.717, 1.165) is 42.3 Å². The zero-order valence-electron chi connectivity index (χ0n) is 15.9. The predicted octanol–water partition coefficient (Wildman–Crippen LogP) is 2.33. The van der Waals surface area contributed by atoms with Crippen LogP contribution in [-0.2, 0) is 6.54 Å². The number of piperidine rings is 1. The maximum Gasteiger partial charge on any atom is 0.253 e. The van der Waals surface area contributed by atoms with Crippen LogP contribution >= 0.6 is 0 Å². The molecule has 142 valence electrons. The molecule has 0 spiro atoms. The molecular formula is C20H24N4O3. The van der Waals surface area contributed by atoms with Crippen molar-refractivity contribution >= 4 is 11.7 Å². The summed E-state index contributed by atoms with van der Waals surface area (Å²) < 4.78 is 11.2. The van der Waals surface area contributed by atoms with Crippen molar-refractivity contribution in [3.8, 4) is 11.6 Å². The van der Waals surface area contributed by atoms with Crippen molar-refractivity contribution in [2.45, 2.75) is 32.9 Å². The molecule has 0 aliphatic carbocycles. The molecular weight excluding hydrogens is 344 g/mol. The lowest BCUT2D eigenvalue weighted by atomic mass is 9.96. The Bertz CT molecular complexity index is 853. The van der Waals surface area contributed by atoms with Crippen LogP contribution in [0.5, 0.6) is 11.6 Å². The molecule has 0 saturated carbocycles. The summed E-state index contributed by atoms with van der Waals surface area (Å²) in [7, 11) is 1.60. The van der Waals surface area contributed by atoms with Crippen LogP contribution in [0.2, 0.25) is 0 Å². The Morgan fingerprint density at radius 2 is 2.19 bits per heavy atom. The van der Waals surface area contributed by atoms with Gasteiger partial charge in [-0.15, -0.1) is 0 Å². The van der Waals surface area contributed by atoms with Crippen molar-refractivity contribution in [2.24, 2.45) is 5.92 Å². The van der Waals surface area contributed by atoms with E-state index in [0.29, 0.717) is 23.9 Å². The molecule has 1 saturated heterocycles. The topological polar surface area (TPSA) is 76.6 Å². The van der Waals surface area contributed by atoms with Gasteiger partial charge < -0.3 is 19.7 Å². The average Bonchev–Trinajstić information content (AvgIpc) is 3.03. The highest BCUT2D eigenvalue weighted by molar-refractivity contribution is 5.98. The van der Waals surface area contributed by atoms with Crippen molar-refractivity contribution < 1.29 is 14.3 Å². The maximum atomic E-state index is 11.8. The molecule has 0 unspecified atom stereocenters. The number of hydrogen-bond donors (Lipinski definition) is 1. The summed E-state index contributed by atoms with van der Waals surface area (Å²) in [5, 5.41) is 2.84. The smallest absolute Gasteiger partial charge is 0.253 e. The van der Waals surface area contributed by atoms with Gasteiger partial charge in [-0.1, -0.05) is 6.92 Å². The Labute approximate surface area is 158 Å². The number of ether oxygens (including phenoxy) is 2. The highest BCUT2D eigenvalue weighted by Crippen LogP contribution is 2.29. The summed E-state index contributed by atoms with van der Waals surface area (Å²) >= 11 is 0. The largest absolute Gasteiger partial charge is 0.488 e. The molecule has 2 aliphatic heterocycles. The summed E-state index contributed by atoms with van der Waals surface area (Å²) in [5.74, 6) is 2.63. The van der Waals surface area contributed by atoms with Crippen LogP contribution in [0, 0.1) is 12.8 Å². The van der Waals surface area contributed by atoms with Crippen LogP contribution in [0.1, 0.15) is 35.0 Å². The first-order valence-electron chi connectivity index (χ1n) is 9.25. The van der Waals surface area contributed by atoms with Gasteiger partial charge >= 0.3 is 0 Å². The molecule has 1 fully saturated rings. The van der Waals surface area contributed by atoms with Gasteiger partial charge in [-0.2, -0.15) is 0 Å². The normalized spacial score (nSPS) is 21.6. The molecule has 2 atom stereocenters. The molecule has 2 aromatic rings. The number of fused-ring (bicyclic) bond motifs is 1. The average molecular weight is 368 g/mol.